The Kier molecular flexibility index (Phi) is 4.40. The lowest BCUT2D eigenvalue weighted by Gasteiger charge is -2.31. The van der Waals surface area contributed by atoms with E-state index in [1.807, 2.05) is 17.0 Å². The van der Waals surface area contributed by atoms with E-state index in [-0.39, 0.29) is 12.0 Å². The molecule has 1 saturated heterocycles. The van der Waals surface area contributed by atoms with Gasteiger partial charge in [0.1, 0.15) is 6.10 Å². The smallest absolute Gasteiger partial charge is 0.219 e. The normalized spacial score (nSPS) is 16.7. The fraction of sp³-hybridized carbons (Fsp3) is 0.600. The molecular formula is C15H22N2O2. The van der Waals surface area contributed by atoms with E-state index in [9.17, 15) is 4.79 Å². The number of aromatic nitrogens is 1. The number of hydrogen-bond acceptors (Lipinski definition) is 3. The fourth-order valence-electron chi connectivity index (χ4n) is 2.31. The van der Waals surface area contributed by atoms with Crippen molar-refractivity contribution in [2.75, 3.05) is 13.1 Å². The third-order valence-corrected chi connectivity index (χ3v) is 3.60. The Hall–Kier alpha value is -1.58. The molecule has 2 heterocycles. The molecule has 0 unspecified atom stereocenters. The Morgan fingerprint density at radius 1 is 1.42 bits per heavy atom. The van der Waals surface area contributed by atoms with Gasteiger partial charge >= 0.3 is 0 Å². The van der Waals surface area contributed by atoms with E-state index in [2.05, 4.69) is 18.8 Å². The second-order valence-electron chi connectivity index (χ2n) is 5.41. The molecule has 0 spiro atoms. The molecule has 1 aliphatic heterocycles. The predicted octanol–water partition coefficient (Wildman–Crippen LogP) is 2.59. The highest BCUT2D eigenvalue weighted by atomic mass is 16.5. The summed E-state index contributed by atoms with van der Waals surface area (Å²) in [6.07, 6.45) is 3.74. The molecule has 0 bridgehead atoms. The minimum Gasteiger partial charge on any atom is -0.474 e. The van der Waals surface area contributed by atoms with Gasteiger partial charge in [-0.25, -0.2) is 4.98 Å². The third-order valence-electron chi connectivity index (χ3n) is 3.60. The standard InChI is InChI=1S/C15H22N2O2/c1-11(2)13-4-7-16-15(10-13)19-14-5-8-17(9-6-14)12(3)18/h4,7,10-11,14H,5-6,8-9H2,1-3H3. The molecule has 0 aliphatic carbocycles. The Bertz CT molecular complexity index is 438. The summed E-state index contributed by atoms with van der Waals surface area (Å²) < 4.78 is 5.93. The summed E-state index contributed by atoms with van der Waals surface area (Å²) in [6, 6.07) is 4.04. The summed E-state index contributed by atoms with van der Waals surface area (Å²) in [5.74, 6) is 1.33. The van der Waals surface area contributed by atoms with Crippen LogP contribution < -0.4 is 4.74 Å². The SMILES string of the molecule is CC(=O)N1CCC(Oc2cc(C(C)C)ccn2)CC1. The van der Waals surface area contributed by atoms with Crippen molar-refractivity contribution in [2.45, 2.75) is 45.6 Å². The highest BCUT2D eigenvalue weighted by Gasteiger charge is 2.22. The zero-order valence-corrected chi connectivity index (χ0v) is 11.9. The van der Waals surface area contributed by atoms with Crippen molar-refractivity contribution in [3.8, 4) is 5.88 Å². The van der Waals surface area contributed by atoms with Gasteiger partial charge in [0.15, 0.2) is 0 Å². The van der Waals surface area contributed by atoms with Crippen LogP contribution in [0.2, 0.25) is 0 Å². The van der Waals surface area contributed by atoms with Gasteiger partial charge in [-0.15, -0.1) is 0 Å². The maximum absolute atomic E-state index is 11.3. The molecule has 104 valence electrons. The van der Waals surface area contributed by atoms with Crippen molar-refractivity contribution in [2.24, 2.45) is 0 Å². The summed E-state index contributed by atoms with van der Waals surface area (Å²) in [6.45, 7) is 7.50. The van der Waals surface area contributed by atoms with Gasteiger partial charge in [-0.2, -0.15) is 0 Å². The number of hydrogen-bond donors (Lipinski definition) is 0. The summed E-state index contributed by atoms with van der Waals surface area (Å²) >= 11 is 0. The van der Waals surface area contributed by atoms with Crippen LogP contribution in [0.5, 0.6) is 5.88 Å². The summed E-state index contributed by atoms with van der Waals surface area (Å²) in [5, 5.41) is 0. The quantitative estimate of drug-likeness (QED) is 0.841. The van der Waals surface area contributed by atoms with Gasteiger partial charge in [0.2, 0.25) is 11.8 Å². The molecule has 0 N–H and O–H groups in total. The third kappa shape index (κ3) is 3.69. The number of amides is 1. The Labute approximate surface area is 114 Å². The van der Waals surface area contributed by atoms with Crippen molar-refractivity contribution in [3.63, 3.8) is 0 Å². The largest absolute Gasteiger partial charge is 0.474 e. The van der Waals surface area contributed by atoms with Crippen LogP contribution in [0.15, 0.2) is 18.3 Å². The van der Waals surface area contributed by atoms with Crippen molar-refractivity contribution in [3.05, 3.63) is 23.9 Å². The monoisotopic (exact) mass is 262 g/mol. The van der Waals surface area contributed by atoms with E-state index in [0.29, 0.717) is 11.8 Å². The average Bonchev–Trinajstić information content (AvgIpc) is 2.39. The highest BCUT2D eigenvalue weighted by molar-refractivity contribution is 5.73. The first kappa shape index (κ1) is 13.8. The van der Waals surface area contributed by atoms with E-state index in [0.717, 1.165) is 25.9 Å². The molecule has 1 amide bonds. The molecule has 1 aliphatic rings. The van der Waals surface area contributed by atoms with Gasteiger partial charge < -0.3 is 9.64 Å². The van der Waals surface area contributed by atoms with Gasteiger partial charge in [-0.3, -0.25) is 4.79 Å². The lowest BCUT2D eigenvalue weighted by atomic mass is 10.1. The minimum atomic E-state index is 0.151. The number of piperidine rings is 1. The van der Waals surface area contributed by atoms with Crippen molar-refractivity contribution in [1.29, 1.82) is 0 Å². The second-order valence-corrected chi connectivity index (χ2v) is 5.41. The average molecular weight is 262 g/mol. The number of ether oxygens (including phenoxy) is 1. The maximum Gasteiger partial charge on any atom is 0.219 e. The molecule has 4 nitrogen and oxygen atoms in total. The number of likely N-dealkylation sites (tertiary alicyclic amines) is 1. The van der Waals surface area contributed by atoms with E-state index >= 15 is 0 Å². The van der Waals surface area contributed by atoms with Crippen molar-refractivity contribution < 1.29 is 9.53 Å². The number of rotatable bonds is 3. The van der Waals surface area contributed by atoms with Gasteiger partial charge in [-0.05, 0) is 17.5 Å². The molecule has 0 radical (unpaired) electrons. The van der Waals surface area contributed by atoms with Gasteiger partial charge in [0.05, 0.1) is 0 Å². The Balaban J connectivity index is 1.92. The van der Waals surface area contributed by atoms with E-state index in [1.165, 1.54) is 5.56 Å². The summed E-state index contributed by atoms with van der Waals surface area (Å²) in [7, 11) is 0. The molecule has 1 aromatic heterocycles. The minimum absolute atomic E-state index is 0.151. The van der Waals surface area contributed by atoms with Gasteiger partial charge in [0.25, 0.3) is 0 Å². The van der Waals surface area contributed by atoms with Gasteiger partial charge in [-0.1, -0.05) is 13.8 Å². The van der Waals surface area contributed by atoms with Crippen molar-refractivity contribution >= 4 is 5.91 Å². The number of carbonyl (C=O) groups excluding carboxylic acids is 1. The molecule has 0 saturated carbocycles. The highest BCUT2D eigenvalue weighted by Crippen LogP contribution is 2.21. The van der Waals surface area contributed by atoms with Crippen LogP contribution in [0.25, 0.3) is 0 Å². The molecule has 19 heavy (non-hydrogen) atoms. The molecular weight excluding hydrogens is 240 g/mol. The fourth-order valence-corrected chi connectivity index (χ4v) is 2.31. The number of pyridine rings is 1. The molecule has 4 heteroatoms. The van der Waals surface area contributed by atoms with Crippen LogP contribution in [-0.2, 0) is 4.79 Å². The first-order valence-corrected chi connectivity index (χ1v) is 6.94. The van der Waals surface area contributed by atoms with Crippen LogP contribution in [0, 0.1) is 0 Å². The zero-order valence-electron chi connectivity index (χ0n) is 11.9. The zero-order chi connectivity index (χ0) is 13.8. The first-order chi connectivity index (χ1) is 9.06. The van der Waals surface area contributed by atoms with Crippen molar-refractivity contribution in [1.82, 2.24) is 9.88 Å². The first-order valence-electron chi connectivity index (χ1n) is 6.94. The van der Waals surface area contributed by atoms with Crippen LogP contribution in [0.3, 0.4) is 0 Å². The van der Waals surface area contributed by atoms with E-state index in [4.69, 9.17) is 4.74 Å². The Morgan fingerprint density at radius 2 is 2.11 bits per heavy atom. The molecule has 1 fully saturated rings. The molecule has 0 aromatic carbocycles. The molecule has 0 atom stereocenters. The van der Waals surface area contributed by atoms with E-state index < -0.39 is 0 Å². The van der Waals surface area contributed by atoms with Crippen LogP contribution in [-0.4, -0.2) is 35.0 Å². The summed E-state index contributed by atoms with van der Waals surface area (Å²) in [4.78, 5) is 17.4. The van der Waals surface area contributed by atoms with Crippen LogP contribution in [0.4, 0.5) is 0 Å². The maximum atomic E-state index is 11.3. The van der Waals surface area contributed by atoms with Crippen LogP contribution in [0.1, 0.15) is 45.1 Å². The second kappa shape index (κ2) is 6.04. The van der Waals surface area contributed by atoms with Crippen LogP contribution >= 0.6 is 0 Å². The number of nitrogens with zero attached hydrogens (tertiary/aromatic N) is 2. The lowest BCUT2D eigenvalue weighted by Crippen LogP contribution is -2.40. The molecule has 1 aromatic rings. The number of carbonyl (C=O) groups is 1. The molecule has 2 rings (SSSR count). The summed E-state index contributed by atoms with van der Waals surface area (Å²) in [5.41, 5.74) is 1.24. The topological polar surface area (TPSA) is 42.4 Å². The lowest BCUT2D eigenvalue weighted by molar-refractivity contribution is -0.130. The van der Waals surface area contributed by atoms with E-state index in [1.54, 1.807) is 13.1 Å². The Morgan fingerprint density at radius 3 is 2.68 bits per heavy atom. The van der Waals surface area contributed by atoms with Gasteiger partial charge in [0, 0.05) is 45.1 Å². The predicted molar refractivity (Wildman–Crippen MR) is 74.2 cm³/mol.